The molecule has 1 aliphatic heterocycles. The molecule has 1 aliphatic rings. The van der Waals surface area contributed by atoms with E-state index < -0.39 is 23.4 Å². The third kappa shape index (κ3) is 2.70. The average Bonchev–Trinajstić information content (AvgIpc) is 3.01. The zero-order valence-corrected chi connectivity index (χ0v) is 11.9. The van der Waals surface area contributed by atoms with E-state index in [1.807, 2.05) is 0 Å². The molecule has 3 rings (SSSR count). The highest BCUT2D eigenvalue weighted by atomic mass is 19.2. The molecule has 0 bridgehead atoms. The minimum absolute atomic E-state index is 0.0417. The van der Waals surface area contributed by atoms with Crippen LogP contribution in [0.3, 0.4) is 0 Å². The van der Waals surface area contributed by atoms with Crippen molar-refractivity contribution in [3.8, 4) is 0 Å². The number of rotatable bonds is 3. The number of carbonyl (C=O) groups is 1. The fraction of sp³-hybridized carbons (Fsp3) is 0.333. The van der Waals surface area contributed by atoms with Gasteiger partial charge in [-0.3, -0.25) is 9.48 Å². The molecule has 22 heavy (non-hydrogen) atoms. The first-order valence-electron chi connectivity index (χ1n) is 6.84. The minimum atomic E-state index is -1.23. The number of aromatic nitrogens is 2. The lowest BCUT2D eigenvalue weighted by atomic mass is 9.97. The van der Waals surface area contributed by atoms with Crippen LogP contribution in [0.5, 0.6) is 0 Å². The SMILES string of the molecule is Cn1cc(CN2CC(c3cc(F)cc(F)c3F)CC2=O)cn1. The van der Waals surface area contributed by atoms with E-state index in [-0.39, 0.29) is 24.4 Å². The monoisotopic (exact) mass is 309 g/mol. The van der Waals surface area contributed by atoms with Crippen LogP contribution in [0.25, 0.3) is 0 Å². The third-order valence-corrected chi connectivity index (χ3v) is 3.81. The summed E-state index contributed by atoms with van der Waals surface area (Å²) in [6.07, 6.45) is 3.46. The lowest BCUT2D eigenvalue weighted by Gasteiger charge is -2.16. The molecule has 0 N–H and O–H groups in total. The molecule has 7 heteroatoms. The van der Waals surface area contributed by atoms with Crippen molar-refractivity contribution in [2.24, 2.45) is 7.05 Å². The lowest BCUT2D eigenvalue weighted by molar-refractivity contribution is -0.128. The summed E-state index contributed by atoms with van der Waals surface area (Å²) in [6, 6.07) is 1.47. The Kier molecular flexibility index (Phi) is 3.64. The van der Waals surface area contributed by atoms with Crippen molar-refractivity contribution in [2.45, 2.75) is 18.9 Å². The Morgan fingerprint density at radius 3 is 2.77 bits per heavy atom. The van der Waals surface area contributed by atoms with Gasteiger partial charge in [-0.1, -0.05) is 0 Å². The fourth-order valence-electron chi connectivity index (χ4n) is 2.78. The number of carbonyl (C=O) groups excluding carboxylic acids is 1. The summed E-state index contributed by atoms with van der Waals surface area (Å²) in [6.45, 7) is 0.579. The van der Waals surface area contributed by atoms with Gasteiger partial charge in [0, 0.05) is 50.3 Å². The Hall–Kier alpha value is -2.31. The van der Waals surface area contributed by atoms with E-state index in [1.54, 1.807) is 29.0 Å². The molecule has 4 nitrogen and oxygen atoms in total. The van der Waals surface area contributed by atoms with Crippen molar-refractivity contribution in [1.29, 1.82) is 0 Å². The Morgan fingerprint density at radius 2 is 2.09 bits per heavy atom. The molecule has 0 aliphatic carbocycles. The second kappa shape index (κ2) is 5.47. The van der Waals surface area contributed by atoms with Gasteiger partial charge in [0.1, 0.15) is 5.82 Å². The first kappa shape index (κ1) is 14.6. The molecule has 1 amide bonds. The van der Waals surface area contributed by atoms with Gasteiger partial charge in [-0.25, -0.2) is 13.2 Å². The van der Waals surface area contributed by atoms with Crippen molar-refractivity contribution in [3.63, 3.8) is 0 Å². The van der Waals surface area contributed by atoms with Crippen LogP contribution in [0.1, 0.15) is 23.5 Å². The summed E-state index contributed by atoms with van der Waals surface area (Å²) in [5.74, 6) is -3.87. The molecule has 2 heterocycles. The van der Waals surface area contributed by atoms with Crippen LogP contribution in [0.2, 0.25) is 0 Å². The topological polar surface area (TPSA) is 38.1 Å². The van der Waals surface area contributed by atoms with Crippen molar-refractivity contribution < 1.29 is 18.0 Å². The number of halogens is 3. The maximum atomic E-state index is 13.8. The van der Waals surface area contributed by atoms with Gasteiger partial charge in [0.05, 0.1) is 6.20 Å². The van der Waals surface area contributed by atoms with E-state index in [2.05, 4.69) is 5.10 Å². The molecule has 1 saturated heterocycles. The number of hydrogen-bond donors (Lipinski definition) is 0. The van der Waals surface area contributed by atoms with Crippen LogP contribution < -0.4 is 0 Å². The number of amides is 1. The highest BCUT2D eigenvalue weighted by Gasteiger charge is 2.33. The molecule has 1 atom stereocenters. The Labute approximate surface area is 125 Å². The van der Waals surface area contributed by atoms with Crippen LogP contribution in [0.4, 0.5) is 13.2 Å². The summed E-state index contributed by atoms with van der Waals surface area (Å²) >= 11 is 0. The van der Waals surface area contributed by atoms with E-state index in [1.165, 1.54) is 0 Å². The maximum Gasteiger partial charge on any atom is 0.223 e. The van der Waals surface area contributed by atoms with Crippen molar-refractivity contribution in [3.05, 3.63) is 53.1 Å². The molecule has 1 aromatic carbocycles. The highest BCUT2D eigenvalue weighted by Crippen LogP contribution is 2.32. The zero-order chi connectivity index (χ0) is 15.9. The standard InChI is InChI=1S/C15H14F3N3O/c1-20-6-9(5-19-20)7-21-8-10(2-14(21)22)12-3-11(16)4-13(17)15(12)18/h3-6,10H,2,7-8H2,1H3. The van der Waals surface area contributed by atoms with Crippen molar-refractivity contribution in [2.75, 3.05) is 6.54 Å². The Balaban J connectivity index is 1.80. The molecule has 0 saturated carbocycles. The number of benzene rings is 1. The molecular formula is C15H14F3N3O. The van der Waals surface area contributed by atoms with E-state index >= 15 is 0 Å². The lowest BCUT2D eigenvalue weighted by Crippen LogP contribution is -2.24. The quantitative estimate of drug-likeness (QED) is 0.816. The number of aryl methyl sites for hydroxylation is 1. The molecule has 1 aromatic heterocycles. The molecule has 2 aromatic rings. The van der Waals surface area contributed by atoms with Crippen LogP contribution >= 0.6 is 0 Å². The number of nitrogens with zero attached hydrogens (tertiary/aromatic N) is 3. The largest absolute Gasteiger partial charge is 0.338 e. The smallest absolute Gasteiger partial charge is 0.223 e. The molecule has 116 valence electrons. The first-order chi connectivity index (χ1) is 10.4. The number of hydrogen-bond acceptors (Lipinski definition) is 2. The van der Waals surface area contributed by atoms with Gasteiger partial charge in [0.15, 0.2) is 11.6 Å². The summed E-state index contributed by atoms with van der Waals surface area (Å²) < 4.78 is 42.1. The Morgan fingerprint density at radius 1 is 1.32 bits per heavy atom. The van der Waals surface area contributed by atoms with Gasteiger partial charge in [-0.05, 0) is 11.6 Å². The summed E-state index contributed by atoms with van der Waals surface area (Å²) in [4.78, 5) is 13.6. The molecule has 0 spiro atoms. The zero-order valence-electron chi connectivity index (χ0n) is 11.9. The Bertz CT molecular complexity index is 729. The third-order valence-electron chi connectivity index (χ3n) is 3.81. The van der Waals surface area contributed by atoms with Gasteiger partial charge in [-0.2, -0.15) is 5.10 Å². The summed E-state index contributed by atoms with van der Waals surface area (Å²) in [7, 11) is 1.77. The first-order valence-corrected chi connectivity index (χ1v) is 6.84. The van der Waals surface area contributed by atoms with Crippen molar-refractivity contribution >= 4 is 5.91 Å². The van der Waals surface area contributed by atoms with Crippen LogP contribution in [-0.4, -0.2) is 27.1 Å². The second-order valence-corrected chi connectivity index (χ2v) is 5.49. The fourth-order valence-corrected chi connectivity index (χ4v) is 2.78. The van der Waals surface area contributed by atoms with Crippen molar-refractivity contribution in [1.82, 2.24) is 14.7 Å². The van der Waals surface area contributed by atoms with Crippen LogP contribution in [0, 0.1) is 17.5 Å². The van der Waals surface area contributed by atoms with Gasteiger partial charge in [0.25, 0.3) is 0 Å². The minimum Gasteiger partial charge on any atom is -0.338 e. The van der Waals surface area contributed by atoms with Crippen LogP contribution in [-0.2, 0) is 18.4 Å². The van der Waals surface area contributed by atoms with Gasteiger partial charge >= 0.3 is 0 Å². The maximum absolute atomic E-state index is 13.8. The highest BCUT2D eigenvalue weighted by molar-refractivity contribution is 5.79. The predicted octanol–water partition coefficient (Wildman–Crippen LogP) is 2.35. The molecule has 1 unspecified atom stereocenters. The average molecular weight is 309 g/mol. The molecule has 1 fully saturated rings. The summed E-state index contributed by atoms with van der Waals surface area (Å²) in [5.41, 5.74) is 0.766. The second-order valence-electron chi connectivity index (χ2n) is 5.49. The van der Waals surface area contributed by atoms with E-state index in [9.17, 15) is 18.0 Å². The number of likely N-dealkylation sites (tertiary alicyclic amines) is 1. The van der Waals surface area contributed by atoms with E-state index in [0.29, 0.717) is 12.6 Å². The van der Waals surface area contributed by atoms with E-state index in [4.69, 9.17) is 0 Å². The van der Waals surface area contributed by atoms with Gasteiger partial charge < -0.3 is 4.90 Å². The molecular weight excluding hydrogens is 295 g/mol. The normalized spacial score (nSPS) is 18.3. The molecule has 0 radical (unpaired) electrons. The van der Waals surface area contributed by atoms with Gasteiger partial charge in [0.2, 0.25) is 5.91 Å². The predicted molar refractivity (Wildman–Crippen MR) is 72.3 cm³/mol. The van der Waals surface area contributed by atoms with Gasteiger partial charge in [-0.15, -0.1) is 0 Å². The van der Waals surface area contributed by atoms with E-state index in [0.717, 1.165) is 11.6 Å². The summed E-state index contributed by atoms with van der Waals surface area (Å²) in [5, 5.41) is 4.02. The van der Waals surface area contributed by atoms with Crippen LogP contribution in [0.15, 0.2) is 24.5 Å².